The lowest BCUT2D eigenvalue weighted by atomic mass is 10.0. The number of benzene rings is 1. The van der Waals surface area contributed by atoms with E-state index in [0.717, 1.165) is 11.1 Å². The zero-order valence-corrected chi connectivity index (χ0v) is 7.42. The number of hydrogen-bond acceptors (Lipinski definition) is 1. The molecule has 2 heteroatoms. The molecule has 0 radical (unpaired) electrons. The fraction of sp³-hybridized carbons (Fsp3) is 0.300. The van der Waals surface area contributed by atoms with E-state index in [1.165, 1.54) is 5.56 Å². The maximum Gasteiger partial charge on any atom is 0.221 e. The third-order valence-electron chi connectivity index (χ3n) is 2.08. The Morgan fingerprint density at radius 1 is 1.42 bits per heavy atom. The number of carbonyl (C=O) groups is 1. The summed E-state index contributed by atoms with van der Waals surface area (Å²) in [4.78, 5) is 10.7. The van der Waals surface area contributed by atoms with E-state index in [1.807, 2.05) is 32.0 Å². The van der Waals surface area contributed by atoms with Crippen molar-refractivity contribution in [2.24, 2.45) is 5.73 Å². The van der Waals surface area contributed by atoms with Gasteiger partial charge in [0.2, 0.25) is 5.91 Å². The van der Waals surface area contributed by atoms with Crippen LogP contribution >= 0.6 is 0 Å². The minimum atomic E-state index is -0.274. The van der Waals surface area contributed by atoms with Crippen molar-refractivity contribution >= 4 is 5.91 Å². The van der Waals surface area contributed by atoms with E-state index >= 15 is 0 Å². The molecule has 0 aromatic heterocycles. The number of aryl methyl sites for hydroxylation is 1. The van der Waals surface area contributed by atoms with E-state index in [9.17, 15) is 4.79 Å². The highest BCUT2D eigenvalue weighted by Crippen LogP contribution is 2.12. The summed E-state index contributed by atoms with van der Waals surface area (Å²) in [6, 6.07) is 5.91. The standard InChI is InChI=1S/C10H13NO/c1-7-4-3-5-9(8(7)2)6-10(11)12/h3-5H,6H2,1-2H3,(H2,11,12). The maximum absolute atomic E-state index is 10.7. The number of nitrogens with two attached hydrogens (primary N) is 1. The Kier molecular flexibility index (Phi) is 2.48. The van der Waals surface area contributed by atoms with Crippen molar-refractivity contribution in [2.75, 3.05) is 0 Å². The SMILES string of the molecule is Cc1cccc(CC(N)=O)c1C. The van der Waals surface area contributed by atoms with Gasteiger partial charge in [-0.05, 0) is 30.5 Å². The van der Waals surface area contributed by atoms with Crippen LogP contribution in [0.15, 0.2) is 18.2 Å². The molecule has 1 aromatic rings. The molecule has 64 valence electrons. The maximum atomic E-state index is 10.7. The summed E-state index contributed by atoms with van der Waals surface area (Å²) in [5.41, 5.74) is 8.50. The van der Waals surface area contributed by atoms with Gasteiger partial charge in [-0.3, -0.25) is 4.79 Å². The largest absolute Gasteiger partial charge is 0.369 e. The molecule has 0 bridgehead atoms. The van der Waals surface area contributed by atoms with Gasteiger partial charge >= 0.3 is 0 Å². The number of amides is 1. The van der Waals surface area contributed by atoms with E-state index < -0.39 is 0 Å². The molecule has 1 rings (SSSR count). The summed E-state index contributed by atoms with van der Waals surface area (Å²) >= 11 is 0. The van der Waals surface area contributed by atoms with Gasteiger partial charge < -0.3 is 5.73 Å². The van der Waals surface area contributed by atoms with Gasteiger partial charge in [0.05, 0.1) is 6.42 Å². The van der Waals surface area contributed by atoms with E-state index in [1.54, 1.807) is 0 Å². The summed E-state index contributed by atoms with van der Waals surface area (Å²) in [6.07, 6.45) is 0.341. The molecule has 0 heterocycles. The van der Waals surface area contributed by atoms with Crippen molar-refractivity contribution < 1.29 is 4.79 Å². The van der Waals surface area contributed by atoms with Crippen molar-refractivity contribution in [2.45, 2.75) is 20.3 Å². The molecule has 0 atom stereocenters. The molecule has 1 aromatic carbocycles. The average molecular weight is 163 g/mol. The Morgan fingerprint density at radius 3 is 2.67 bits per heavy atom. The number of carbonyl (C=O) groups excluding carboxylic acids is 1. The second kappa shape index (κ2) is 3.39. The normalized spacial score (nSPS) is 9.83. The molecule has 0 fully saturated rings. The predicted molar refractivity (Wildman–Crippen MR) is 48.8 cm³/mol. The van der Waals surface area contributed by atoms with Gasteiger partial charge in [0, 0.05) is 0 Å². The van der Waals surface area contributed by atoms with Crippen LogP contribution in [-0.4, -0.2) is 5.91 Å². The first-order valence-corrected chi connectivity index (χ1v) is 3.94. The summed E-state index contributed by atoms with van der Waals surface area (Å²) < 4.78 is 0. The average Bonchev–Trinajstić information content (AvgIpc) is 1.98. The molecule has 2 N–H and O–H groups in total. The molecule has 0 saturated carbocycles. The van der Waals surface area contributed by atoms with Crippen LogP contribution in [0.5, 0.6) is 0 Å². The molecule has 12 heavy (non-hydrogen) atoms. The lowest BCUT2D eigenvalue weighted by molar-refractivity contribution is -0.117. The summed E-state index contributed by atoms with van der Waals surface area (Å²) in [7, 11) is 0. The second-order valence-corrected chi connectivity index (χ2v) is 3.00. The Balaban J connectivity index is 3.00. The second-order valence-electron chi connectivity index (χ2n) is 3.00. The minimum absolute atomic E-state index is 0.274. The van der Waals surface area contributed by atoms with Crippen molar-refractivity contribution in [1.29, 1.82) is 0 Å². The lowest BCUT2D eigenvalue weighted by Gasteiger charge is -2.05. The molecule has 0 saturated heterocycles. The van der Waals surface area contributed by atoms with Gasteiger partial charge in [-0.1, -0.05) is 18.2 Å². The van der Waals surface area contributed by atoms with Gasteiger partial charge in [-0.2, -0.15) is 0 Å². The van der Waals surface area contributed by atoms with Crippen LogP contribution in [0.2, 0.25) is 0 Å². The Labute approximate surface area is 72.4 Å². The van der Waals surface area contributed by atoms with E-state index in [4.69, 9.17) is 5.73 Å². The number of primary amides is 1. The Morgan fingerprint density at radius 2 is 2.08 bits per heavy atom. The summed E-state index contributed by atoms with van der Waals surface area (Å²) in [6.45, 7) is 4.04. The highest BCUT2D eigenvalue weighted by molar-refractivity contribution is 5.77. The van der Waals surface area contributed by atoms with Crippen molar-refractivity contribution in [3.8, 4) is 0 Å². The molecular formula is C10H13NO. The lowest BCUT2D eigenvalue weighted by Crippen LogP contribution is -2.14. The molecule has 1 amide bonds. The van der Waals surface area contributed by atoms with E-state index in [0.29, 0.717) is 6.42 Å². The van der Waals surface area contributed by atoms with Crippen LogP contribution in [0.4, 0.5) is 0 Å². The van der Waals surface area contributed by atoms with Crippen LogP contribution in [-0.2, 0) is 11.2 Å². The molecule has 0 aliphatic carbocycles. The van der Waals surface area contributed by atoms with Crippen molar-refractivity contribution in [3.63, 3.8) is 0 Å². The topological polar surface area (TPSA) is 43.1 Å². The van der Waals surface area contributed by atoms with Gasteiger partial charge in [0.25, 0.3) is 0 Å². The van der Waals surface area contributed by atoms with Crippen LogP contribution in [0, 0.1) is 13.8 Å². The van der Waals surface area contributed by atoms with Crippen LogP contribution < -0.4 is 5.73 Å². The third-order valence-corrected chi connectivity index (χ3v) is 2.08. The van der Waals surface area contributed by atoms with Crippen LogP contribution in [0.3, 0.4) is 0 Å². The van der Waals surface area contributed by atoms with Crippen LogP contribution in [0.25, 0.3) is 0 Å². The van der Waals surface area contributed by atoms with Crippen molar-refractivity contribution in [1.82, 2.24) is 0 Å². The molecule has 0 unspecified atom stereocenters. The third kappa shape index (κ3) is 1.84. The zero-order valence-electron chi connectivity index (χ0n) is 7.42. The molecule has 0 aliphatic rings. The molecular weight excluding hydrogens is 150 g/mol. The van der Waals surface area contributed by atoms with E-state index in [-0.39, 0.29) is 5.91 Å². The first kappa shape index (κ1) is 8.78. The Bertz CT molecular complexity index is 305. The highest BCUT2D eigenvalue weighted by atomic mass is 16.1. The zero-order chi connectivity index (χ0) is 9.14. The number of rotatable bonds is 2. The predicted octanol–water partition coefficient (Wildman–Crippen LogP) is 1.33. The van der Waals surface area contributed by atoms with Crippen LogP contribution in [0.1, 0.15) is 16.7 Å². The first-order chi connectivity index (χ1) is 5.61. The quantitative estimate of drug-likeness (QED) is 0.702. The first-order valence-electron chi connectivity index (χ1n) is 3.94. The summed E-state index contributed by atoms with van der Waals surface area (Å²) in [5.74, 6) is -0.274. The minimum Gasteiger partial charge on any atom is -0.369 e. The smallest absolute Gasteiger partial charge is 0.221 e. The number of hydrogen-bond donors (Lipinski definition) is 1. The van der Waals surface area contributed by atoms with E-state index in [2.05, 4.69) is 0 Å². The fourth-order valence-corrected chi connectivity index (χ4v) is 1.19. The highest BCUT2D eigenvalue weighted by Gasteiger charge is 2.02. The Hall–Kier alpha value is -1.31. The molecule has 0 spiro atoms. The monoisotopic (exact) mass is 163 g/mol. The van der Waals surface area contributed by atoms with Gasteiger partial charge in [-0.25, -0.2) is 0 Å². The van der Waals surface area contributed by atoms with Crippen molar-refractivity contribution in [3.05, 3.63) is 34.9 Å². The van der Waals surface area contributed by atoms with Gasteiger partial charge in [-0.15, -0.1) is 0 Å². The molecule has 0 aliphatic heterocycles. The molecule has 2 nitrogen and oxygen atoms in total. The fourth-order valence-electron chi connectivity index (χ4n) is 1.19. The summed E-state index contributed by atoms with van der Waals surface area (Å²) in [5, 5.41) is 0. The van der Waals surface area contributed by atoms with Gasteiger partial charge in [0.15, 0.2) is 0 Å². The van der Waals surface area contributed by atoms with Gasteiger partial charge in [0.1, 0.15) is 0 Å².